The van der Waals surface area contributed by atoms with E-state index < -0.39 is 0 Å². The van der Waals surface area contributed by atoms with Crippen LogP contribution in [0.5, 0.6) is 0 Å². The molecule has 0 aliphatic carbocycles. The van der Waals surface area contributed by atoms with Crippen LogP contribution < -0.4 is 0 Å². The normalized spacial score (nSPS) is 11.3. The lowest BCUT2D eigenvalue weighted by Gasteiger charge is -1.97. The van der Waals surface area contributed by atoms with Crippen molar-refractivity contribution < 1.29 is 9.53 Å². The molecule has 0 N–H and O–H groups in total. The minimum absolute atomic E-state index is 0.273. The average molecular weight is 160 g/mol. The fraction of sp³-hybridized carbons (Fsp3) is 0.889. The number of rotatable bonds is 4. The van der Waals surface area contributed by atoms with E-state index in [9.17, 15) is 4.79 Å². The number of ether oxygens (including phenoxy) is 1. The highest BCUT2D eigenvalue weighted by Crippen LogP contribution is 2.02. The van der Waals surface area contributed by atoms with Crippen LogP contribution in [0, 0.1) is 5.92 Å². The summed E-state index contributed by atoms with van der Waals surface area (Å²) >= 11 is 0. The lowest BCUT2D eigenvalue weighted by molar-refractivity contribution is -0.110. The van der Waals surface area contributed by atoms with Crippen LogP contribution in [-0.4, -0.2) is 20.5 Å². The van der Waals surface area contributed by atoms with Gasteiger partial charge in [0.1, 0.15) is 6.29 Å². The molecule has 0 bridgehead atoms. The van der Waals surface area contributed by atoms with E-state index in [1.54, 1.807) is 14.2 Å². The summed E-state index contributed by atoms with van der Waals surface area (Å²) in [4.78, 5) is 10.0. The van der Waals surface area contributed by atoms with Crippen molar-refractivity contribution in [2.45, 2.75) is 33.1 Å². The molecule has 1 unspecified atom stereocenters. The summed E-state index contributed by atoms with van der Waals surface area (Å²) in [6.45, 7) is 4.10. The van der Waals surface area contributed by atoms with Crippen molar-refractivity contribution in [3.8, 4) is 0 Å². The molecule has 0 heterocycles. The molecule has 0 rings (SSSR count). The monoisotopic (exact) mass is 160 g/mol. The van der Waals surface area contributed by atoms with Gasteiger partial charge in [0.05, 0.1) is 0 Å². The Labute approximate surface area is 69.9 Å². The second-order valence-electron chi connectivity index (χ2n) is 2.66. The Hall–Kier alpha value is -0.370. The van der Waals surface area contributed by atoms with Crippen LogP contribution in [0.15, 0.2) is 0 Å². The van der Waals surface area contributed by atoms with Crippen molar-refractivity contribution in [1.29, 1.82) is 0 Å². The van der Waals surface area contributed by atoms with Gasteiger partial charge in [-0.1, -0.05) is 26.7 Å². The van der Waals surface area contributed by atoms with Crippen molar-refractivity contribution in [3.05, 3.63) is 0 Å². The van der Waals surface area contributed by atoms with Crippen molar-refractivity contribution >= 4 is 6.29 Å². The second-order valence-corrected chi connectivity index (χ2v) is 2.66. The molecule has 0 saturated carbocycles. The van der Waals surface area contributed by atoms with Crippen LogP contribution in [0.3, 0.4) is 0 Å². The molecule has 68 valence electrons. The second kappa shape index (κ2) is 12.3. The van der Waals surface area contributed by atoms with Crippen molar-refractivity contribution in [3.63, 3.8) is 0 Å². The molecule has 0 aromatic heterocycles. The molecule has 0 radical (unpaired) electrons. The van der Waals surface area contributed by atoms with Gasteiger partial charge in [0, 0.05) is 20.1 Å². The van der Waals surface area contributed by atoms with Gasteiger partial charge in [-0.05, 0) is 6.42 Å². The number of aldehydes is 1. The van der Waals surface area contributed by atoms with Gasteiger partial charge in [-0.3, -0.25) is 0 Å². The Balaban J connectivity index is 0. The Morgan fingerprint density at radius 1 is 1.45 bits per heavy atom. The number of hydrogen-bond donors (Lipinski definition) is 0. The summed E-state index contributed by atoms with van der Waals surface area (Å²) in [7, 11) is 3.25. The minimum atomic E-state index is 0.273. The maximum absolute atomic E-state index is 10.0. The lowest BCUT2D eigenvalue weighted by atomic mass is 10.1. The van der Waals surface area contributed by atoms with Gasteiger partial charge in [-0.15, -0.1) is 0 Å². The molecule has 0 spiro atoms. The summed E-state index contributed by atoms with van der Waals surface area (Å²) in [6, 6.07) is 0. The largest absolute Gasteiger partial charge is 0.388 e. The van der Waals surface area contributed by atoms with Gasteiger partial charge < -0.3 is 9.53 Å². The predicted octanol–water partition coefficient (Wildman–Crippen LogP) is 2.27. The molecular weight excluding hydrogens is 140 g/mol. The number of unbranched alkanes of at least 4 members (excludes halogenated alkanes) is 1. The van der Waals surface area contributed by atoms with Gasteiger partial charge in [0.15, 0.2) is 0 Å². The van der Waals surface area contributed by atoms with E-state index in [2.05, 4.69) is 11.7 Å². The third kappa shape index (κ3) is 17.7. The van der Waals surface area contributed by atoms with Gasteiger partial charge in [-0.25, -0.2) is 0 Å². The summed E-state index contributed by atoms with van der Waals surface area (Å²) in [5, 5.41) is 0. The SMILES string of the molecule is CCCCC(C)C=O.COC. The van der Waals surface area contributed by atoms with Gasteiger partial charge in [-0.2, -0.15) is 0 Å². The standard InChI is InChI=1S/C7H14O.C2H6O/c1-3-4-5-7(2)6-8;1-3-2/h6-7H,3-5H2,1-2H3;1-2H3. The molecule has 2 nitrogen and oxygen atoms in total. The Bertz CT molecular complexity index is 72.0. The van der Waals surface area contributed by atoms with Crippen LogP contribution in [0.2, 0.25) is 0 Å². The van der Waals surface area contributed by atoms with Crippen LogP contribution in [0.4, 0.5) is 0 Å². The molecule has 0 aliphatic heterocycles. The van der Waals surface area contributed by atoms with Crippen molar-refractivity contribution in [1.82, 2.24) is 0 Å². The number of carbonyl (C=O) groups excluding carboxylic acids is 1. The van der Waals surface area contributed by atoms with Crippen LogP contribution in [-0.2, 0) is 9.53 Å². The van der Waals surface area contributed by atoms with E-state index in [1.165, 1.54) is 12.8 Å². The number of hydrogen-bond acceptors (Lipinski definition) is 2. The summed E-state index contributed by atoms with van der Waals surface area (Å²) in [5.41, 5.74) is 0. The van der Waals surface area contributed by atoms with Gasteiger partial charge in [0.25, 0.3) is 0 Å². The van der Waals surface area contributed by atoms with Gasteiger partial charge >= 0.3 is 0 Å². The first kappa shape index (κ1) is 13.2. The highest BCUT2D eigenvalue weighted by molar-refractivity contribution is 5.52. The maximum Gasteiger partial charge on any atom is 0.122 e. The van der Waals surface area contributed by atoms with Crippen LogP contribution in [0.25, 0.3) is 0 Å². The molecule has 0 fully saturated rings. The molecular formula is C9H20O2. The molecule has 0 saturated heterocycles. The zero-order valence-corrected chi connectivity index (χ0v) is 8.09. The smallest absolute Gasteiger partial charge is 0.122 e. The molecule has 1 atom stereocenters. The van der Waals surface area contributed by atoms with Crippen molar-refractivity contribution in [2.24, 2.45) is 5.92 Å². The van der Waals surface area contributed by atoms with Crippen molar-refractivity contribution in [2.75, 3.05) is 14.2 Å². The molecule has 0 amide bonds. The van der Waals surface area contributed by atoms with E-state index in [0.717, 1.165) is 12.7 Å². The van der Waals surface area contributed by atoms with E-state index in [1.807, 2.05) is 6.92 Å². The fourth-order valence-corrected chi connectivity index (χ4v) is 0.594. The van der Waals surface area contributed by atoms with Crippen LogP contribution in [0.1, 0.15) is 33.1 Å². The highest BCUT2D eigenvalue weighted by atomic mass is 16.4. The van der Waals surface area contributed by atoms with Gasteiger partial charge in [0.2, 0.25) is 0 Å². The average Bonchev–Trinajstić information content (AvgIpc) is 2.02. The summed E-state index contributed by atoms with van der Waals surface area (Å²) in [6.07, 6.45) is 4.45. The summed E-state index contributed by atoms with van der Waals surface area (Å²) < 4.78 is 4.25. The topological polar surface area (TPSA) is 26.3 Å². The molecule has 2 heteroatoms. The molecule has 0 aliphatic rings. The first-order valence-electron chi connectivity index (χ1n) is 4.08. The summed E-state index contributed by atoms with van der Waals surface area (Å²) in [5.74, 6) is 0.273. The third-order valence-corrected chi connectivity index (χ3v) is 1.25. The zero-order chi connectivity index (χ0) is 9.11. The maximum atomic E-state index is 10.0. The van der Waals surface area contributed by atoms with E-state index >= 15 is 0 Å². The molecule has 0 aromatic carbocycles. The first-order valence-corrected chi connectivity index (χ1v) is 4.08. The van der Waals surface area contributed by atoms with Crippen LogP contribution >= 0.6 is 0 Å². The zero-order valence-electron chi connectivity index (χ0n) is 8.09. The number of methoxy groups -OCH3 is 1. The Kier molecular flexibility index (Phi) is 14.8. The minimum Gasteiger partial charge on any atom is -0.388 e. The fourth-order valence-electron chi connectivity index (χ4n) is 0.594. The third-order valence-electron chi connectivity index (χ3n) is 1.25. The quantitative estimate of drug-likeness (QED) is 0.590. The molecule has 0 aromatic rings. The lowest BCUT2D eigenvalue weighted by Crippen LogP contribution is -1.93. The Morgan fingerprint density at radius 3 is 2.18 bits per heavy atom. The first-order chi connectivity index (χ1) is 5.22. The highest BCUT2D eigenvalue weighted by Gasteiger charge is 1.95. The number of carbonyl (C=O) groups is 1. The van der Waals surface area contributed by atoms with E-state index in [0.29, 0.717) is 0 Å². The van der Waals surface area contributed by atoms with E-state index in [4.69, 9.17) is 0 Å². The van der Waals surface area contributed by atoms with E-state index in [-0.39, 0.29) is 5.92 Å². The molecule has 11 heavy (non-hydrogen) atoms. The predicted molar refractivity (Wildman–Crippen MR) is 47.7 cm³/mol. The Morgan fingerprint density at radius 2 is 1.91 bits per heavy atom.